The molecule has 98 valence electrons. The van der Waals surface area contributed by atoms with Gasteiger partial charge in [0.2, 0.25) is 0 Å². The number of aliphatic hydroxyl groups is 1. The van der Waals surface area contributed by atoms with Gasteiger partial charge >= 0.3 is 0 Å². The van der Waals surface area contributed by atoms with Crippen LogP contribution < -0.4 is 5.32 Å². The highest BCUT2D eigenvalue weighted by atomic mass is 35.5. The summed E-state index contributed by atoms with van der Waals surface area (Å²) in [6.45, 7) is 3.41. The van der Waals surface area contributed by atoms with Gasteiger partial charge in [-0.3, -0.25) is 4.79 Å². The van der Waals surface area contributed by atoms with E-state index in [4.69, 9.17) is 11.6 Å². The van der Waals surface area contributed by atoms with E-state index in [1.165, 1.54) is 0 Å². The molecule has 1 aromatic carbocycles. The standard InChI is InChI=1S/C14H18ClNO2/c1-10-2-3-11(15)8-12(10)13(17)9-14(18)4-6-16-7-5-14/h2-3,8,16,18H,4-7,9H2,1H3. The minimum Gasteiger partial charge on any atom is -0.389 e. The summed E-state index contributed by atoms with van der Waals surface area (Å²) in [7, 11) is 0. The quantitative estimate of drug-likeness (QED) is 0.827. The molecule has 2 N–H and O–H groups in total. The van der Waals surface area contributed by atoms with Crippen molar-refractivity contribution < 1.29 is 9.90 Å². The number of hydrogen-bond acceptors (Lipinski definition) is 3. The second kappa shape index (κ2) is 5.39. The molecule has 2 rings (SSSR count). The highest BCUT2D eigenvalue weighted by Crippen LogP contribution is 2.26. The van der Waals surface area contributed by atoms with Crippen LogP contribution in [-0.4, -0.2) is 29.6 Å². The van der Waals surface area contributed by atoms with Gasteiger partial charge < -0.3 is 10.4 Å². The van der Waals surface area contributed by atoms with E-state index in [9.17, 15) is 9.90 Å². The topological polar surface area (TPSA) is 49.3 Å². The lowest BCUT2D eigenvalue weighted by Gasteiger charge is -2.32. The summed E-state index contributed by atoms with van der Waals surface area (Å²) in [6, 6.07) is 5.29. The minimum absolute atomic E-state index is 0.0283. The van der Waals surface area contributed by atoms with E-state index < -0.39 is 5.60 Å². The molecule has 0 amide bonds. The van der Waals surface area contributed by atoms with Crippen LogP contribution in [0.5, 0.6) is 0 Å². The highest BCUT2D eigenvalue weighted by molar-refractivity contribution is 6.31. The third-order valence-corrected chi connectivity index (χ3v) is 3.76. The maximum Gasteiger partial charge on any atom is 0.166 e. The summed E-state index contributed by atoms with van der Waals surface area (Å²) in [6.07, 6.45) is 1.42. The van der Waals surface area contributed by atoms with Crippen molar-refractivity contribution in [3.63, 3.8) is 0 Å². The fourth-order valence-corrected chi connectivity index (χ4v) is 2.53. The molecule has 0 saturated carbocycles. The van der Waals surface area contributed by atoms with Crippen molar-refractivity contribution in [1.29, 1.82) is 0 Å². The summed E-state index contributed by atoms with van der Waals surface area (Å²) < 4.78 is 0. The molecule has 0 radical (unpaired) electrons. The summed E-state index contributed by atoms with van der Waals surface area (Å²) in [5.74, 6) is -0.0283. The molecule has 0 unspecified atom stereocenters. The van der Waals surface area contributed by atoms with Crippen LogP contribution in [0.15, 0.2) is 18.2 Å². The Kier molecular flexibility index (Phi) is 4.05. The fourth-order valence-electron chi connectivity index (χ4n) is 2.36. The number of rotatable bonds is 3. The van der Waals surface area contributed by atoms with Crippen molar-refractivity contribution in [3.8, 4) is 0 Å². The van der Waals surface area contributed by atoms with Gasteiger partial charge in [0.25, 0.3) is 0 Å². The number of ketones is 1. The van der Waals surface area contributed by atoms with Crippen molar-refractivity contribution in [2.75, 3.05) is 13.1 Å². The van der Waals surface area contributed by atoms with Crippen molar-refractivity contribution in [1.82, 2.24) is 5.32 Å². The zero-order valence-electron chi connectivity index (χ0n) is 10.5. The molecule has 1 aliphatic rings. The smallest absolute Gasteiger partial charge is 0.166 e. The maximum absolute atomic E-state index is 12.3. The van der Waals surface area contributed by atoms with Crippen LogP contribution in [-0.2, 0) is 0 Å². The largest absolute Gasteiger partial charge is 0.389 e. The van der Waals surface area contributed by atoms with Crippen LogP contribution in [0.3, 0.4) is 0 Å². The molecule has 4 heteroatoms. The van der Waals surface area contributed by atoms with Crippen LogP contribution >= 0.6 is 11.6 Å². The van der Waals surface area contributed by atoms with Gasteiger partial charge in [-0.15, -0.1) is 0 Å². The molecule has 0 bridgehead atoms. The molecular formula is C14H18ClNO2. The van der Waals surface area contributed by atoms with Crippen molar-refractivity contribution in [2.24, 2.45) is 0 Å². The normalized spacial score (nSPS) is 18.6. The van der Waals surface area contributed by atoms with Crippen LogP contribution in [0.25, 0.3) is 0 Å². The molecule has 1 aliphatic heterocycles. The monoisotopic (exact) mass is 267 g/mol. The molecular weight excluding hydrogens is 250 g/mol. The van der Waals surface area contributed by atoms with E-state index in [1.54, 1.807) is 12.1 Å². The van der Waals surface area contributed by atoms with Gasteiger partial charge in [0, 0.05) is 17.0 Å². The molecule has 0 aliphatic carbocycles. The van der Waals surface area contributed by atoms with E-state index in [0.717, 1.165) is 18.7 Å². The van der Waals surface area contributed by atoms with Gasteiger partial charge in [0.15, 0.2) is 5.78 Å². The van der Waals surface area contributed by atoms with Crippen molar-refractivity contribution in [2.45, 2.75) is 31.8 Å². The number of nitrogens with one attached hydrogen (secondary N) is 1. The second-order valence-electron chi connectivity index (χ2n) is 5.03. The fraction of sp³-hybridized carbons (Fsp3) is 0.500. The van der Waals surface area contributed by atoms with E-state index in [-0.39, 0.29) is 12.2 Å². The summed E-state index contributed by atoms with van der Waals surface area (Å²) in [5.41, 5.74) is 0.660. The number of aryl methyl sites for hydroxylation is 1. The van der Waals surface area contributed by atoms with Gasteiger partial charge in [-0.2, -0.15) is 0 Å². The minimum atomic E-state index is -0.864. The number of benzene rings is 1. The van der Waals surface area contributed by atoms with Gasteiger partial charge in [-0.05, 0) is 50.6 Å². The van der Waals surface area contributed by atoms with E-state index in [0.29, 0.717) is 23.4 Å². The number of carbonyl (C=O) groups excluding carboxylic acids is 1. The number of piperidine rings is 1. The first-order valence-electron chi connectivity index (χ1n) is 6.23. The zero-order valence-corrected chi connectivity index (χ0v) is 11.3. The molecule has 0 spiro atoms. The lowest BCUT2D eigenvalue weighted by atomic mass is 9.85. The lowest BCUT2D eigenvalue weighted by molar-refractivity contribution is 0.00598. The Bertz CT molecular complexity index is 453. The van der Waals surface area contributed by atoms with Gasteiger partial charge in [-0.25, -0.2) is 0 Å². The summed E-state index contributed by atoms with van der Waals surface area (Å²) in [5, 5.41) is 14.1. The Morgan fingerprint density at radius 2 is 2.11 bits per heavy atom. The summed E-state index contributed by atoms with van der Waals surface area (Å²) >= 11 is 5.91. The Labute approximate surface area is 112 Å². The van der Waals surface area contributed by atoms with Crippen LogP contribution in [0.1, 0.15) is 35.2 Å². The molecule has 1 saturated heterocycles. The van der Waals surface area contributed by atoms with Crippen LogP contribution in [0.4, 0.5) is 0 Å². The first kappa shape index (κ1) is 13.5. The molecule has 3 nitrogen and oxygen atoms in total. The molecule has 0 aromatic heterocycles. The average molecular weight is 268 g/mol. The maximum atomic E-state index is 12.3. The van der Waals surface area contributed by atoms with Gasteiger partial charge in [0.1, 0.15) is 0 Å². The Morgan fingerprint density at radius 3 is 2.78 bits per heavy atom. The average Bonchev–Trinajstić information content (AvgIpc) is 2.32. The SMILES string of the molecule is Cc1ccc(Cl)cc1C(=O)CC1(O)CCNCC1. The Morgan fingerprint density at radius 1 is 1.44 bits per heavy atom. The predicted octanol–water partition coefficient (Wildman–Crippen LogP) is 2.34. The van der Waals surface area contributed by atoms with Crippen LogP contribution in [0.2, 0.25) is 5.02 Å². The zero-order chi connectivity index (χ0) is 13.2. The number of Topliss-reactive ketones (excluding diaryl/α,β-unsaturated/α-hetero) is 1. The lowest BCUT2D eigenvalue weighted by Crippen LogP contribution is -2.43. The highest BCUT2D eigenvalue weighted by Gasteiger charge is 2.32. The van der Waals surface area contributed by atoms with Gasteiger partial charge in [0.05, 0.1) is 5.60 Å². The third kappa shape index (κ3) is 3.10. The molecule has 18 heavy (non-hydrogen) atoms. The number of halogens is 1. The molecule has 1 aromatic rings. The van der Waals surface area contributed by atoms with Crippen LogP contribution in [0, 0.1) is 6.92 Å². The summed E-state index contributed by atoms with van der Waals surface area (Å²) in [4.78, 5) is 12.3. The Balaban J connectivity index is 2.14. The first-order valence-corrected chi connectivity index (χ1v) is 6.60. The molecule has 1 fully saturated rings. The van der Waals surface area contributed by atoms with Crippen molar-refractivity contribution in [3.05, 3.63) is 34.3 Å². The van der Waals surface area contributed by atoms with E-state index in [2.05, 4.69) is 5.32 Å². The Hall–Kier alpha value is -0.900. The van der Waals surface area contributed by atoms with E-state index >= 15 is 0 Å². The number of carbonyl (C=O) groups is 1. The van der Waals surface area contributed by atoms with E-state index in [1.807, 2.05) is 13.0 Å². The van der Waals surface area contributed by atoms with Crippen molar-refractivity contribution >= 4 is 17.4 Å². The third-order valence-electron chi connectivity index (χ3n) is 3.52. The predicted molar refractivity (Wildman–Crippen MR) is 72.2 cm³/mol. The molecule has 0 atom stereocenters. The first-order chi connectivity index (χ1) is 8.50. The molecule has 1 heterocycles. The van der Waals surface area contributed by atoms with Gasteiger partial charge in [-0.1, -0.05) is 17.7 Å². The number of hydrogen-bond donors (Lipinski definition) is 2. The second-order valence-corrected chi connectivity index (χ2v) is 5.47.